The Kier molecular flexibility index (Phi) is 4.00. The highest BCUT2D eigenvalue weighted by atomic mass is 16.1. The maximum absolute atomic E-state index is 11.9. The monoisotopic (exact) mass is 257 g/mol. The van der Waals surface area contributed by atoms with Crippen molar-refractivity contribution in [2.45, 2.75) is 26.7 Å². The molecule has 2 aromatic rings. The normalized spacial score (nSPS) is 10.5. The summed E-state index contributed by atoms with van der Waals surface area (Å²) in [6, 6.07) is 9.86. The van der Waals surface area contributed by atoms with E-state index in [2.05, 4.69) is 17.3 Å². The van der Waals surface area contributed by atoms with E-state index in [0.29, 0.717) is 6.42 Å². The lowest BCUT2D eigenvalue weighted by Crippen LogP contribution is -2.16. The average molecular weight is 257 g/mol. The first kappa shape index (κ1) is 13.3. The molecular formula is C15H19N3O. The van der Waals surface area contributed by atoms with Gasteiger partial charge in [-0.3, -0.25) is 9.48 Å². The Morgan fingerprint density at radius 2 is 2.00 bits per heavy atom. The van der Waals surface area contributed by atoms with Crippen LogP contribution < -0.4 is 5.32 Å². The number of hydrogen-bond acceptors (Lipinski definition) is 2. The molecule has 100 valence electrons. The van der Waals surface area contributed by atoms with Crippen LogP contribution in [0.25, 0.3) is 0 Å². The van der Waals surface area contributed by atoms with E-state index in [1.165, 1.54) is 5.56 Å². The van der Waals surface area contributed by atoms with Gasteiger partial charge in [-0.2, -0.15) is 5.10 Å². The van der Waals surface area contributed by atoms with Crippen molar-refractivity contribution >= 4 is 11.6 Å². The van der Waals surface area contributed by atoms with E-state index in [4.69, 9.17) is 0 Å². The quantitative estimate of drug-likeness (QED) is 0.914. The van der Waals surface area contributed by atoms with Crippen LogP contribution in [0.1, 0.15) is 23.9 Å². The molecule has 0 aliphatic carbocycles. The van der Waals surface area contributed by atoms with Gasteiger partial charge in [0.05, 0.1) is 12.1 Å². The fourth-order valence-corrected chi connectivity index (χ4v) is 2.02. The maximum Gasteiger partial charge on any atom is 0.230 e. The third-order valence-corrected chi connectivity index (χ3v) is 3.09. The molecule has 4 nitrogen and oxygen atoms in total. The van der Waals surface area contributed by atoms with Gasteiger partial charge in [0.25, 0.3) is 0 Å². The van der Waals surface area contributed by atoms with E-state index in [-0.39, 0.29) is 5.91 Å². The number of nitrogens with one attached hydrogen (secondary N) is 1. The summed E-state index contributed by atoms with van der Waals surface area (Å²) in [4.78, 5) is 11.9. The van der Waals surface area contributed by atoms with Crippen LogP contribution in [-0.4, -0.2) is 15.7 Å². The molecule has 0 atom stereocenters. The molecule has 0 aliphatic heterocycles. The van der Waals surface area contributed by atoms with Crippen LogP contribution in [0.3, 0.4) is 0 Å². The molecule has 0 spiro atoms. The molecule has 19 heavy (non-hydrogen) atoms. The molecular weight excluding hydrogens is 238 g/mol. The van der Waals surface area contributed by atoms with Crippen LogP contribution in [0.4, 0.5) is 5.69 Å². The number of amides is 1. The van der Waals surface area contributed by atoms with Crippen molar-refractivity contribution in [2.75, 3.05) is 5.32 Å². The molecule has 0 bridgehead atoms. The summed E-state index contributed by atoms with van der Waals surface area (Å²) >= 11 is 0. The highest BCUT2D eigenvalue weighted by Crippen LogP contribution is 2.11. The van der Waals surface area contributed by atoms with Gasteiger partial charge in [0.15, 0.2) is 0 Å². The average Bonchev–Trinajstić information content (AvgIpc) is 2.68. The molecule has 1 aromatic heterocycles. The zero-order valence-corrected chi connectivity index (χ0v) is 11.6. The molecule has 0 unspecified atom stereocenters. The SMILES string of the molecule is CCc1ccc(NC(=O)Cc2cc(C)nn2C)cc1. The lowest BCUT2D eigenvalue weighted by atomic mass is 10.1. The van der Waals surface area contributed by atoms with E-state index in [0.717, 1.165) is 23.5 Å². The smallest absolute Gasteiger partial charge is 0.230 e. The minimum absolute atomic E-state index is 0.0211. The Labute approximate surface area is 113 Å². The van der Waals surface area contributed by atoms with E-state index < -0.39 is 0 Å². The maximum atomic E-state index is 11.9. The molecule has 0 saturated heterocycles. The van der Waals surface area contributed by atoms with Crippen molar-refractivity contribution in [3.63, 3.8) is 0 Å². The zero-order valence-electron chi connectivity index (χ0n) is 11.6. The predicted octanol–water partition coefficient (Wildman–Crippen LogP) is 2.47. The van der Waals surface area contributed by atoms with Crippen LogP contribution in [-0.2, 0) is 24.7 Å². The Balaban J connectivity index is 1.99. The van der Waals surface area contributed by atoms with Crippen molar-refractivity contribution in [2.24, 2.45) is 7.05 Å². The number of anilines is 1. The fraction of sp³-hybridized carbons (Fsp3) is 0.333. The van der Waals surface area contributed by atoms with Gasteiger partial charge in [-0.25, -0.2) is 0 Å². The van der Waals surface area contributed by atoms with Crippen molar-refractivity contribution in [3.05, 3.63) is 47.3 Å². The standard InChI is InChI=1S/C15H19N3O/c1-4-12-5-7-13(8-6-12)16-15(19)10-14-9-11(2)17-18(14)3/h5-9H,4,10H2,1-3H3,(H,16,19). The lowest BCUT2D eigenvalue weighted by Gasteiger charge is -2.06. The second-order valence-electron chi connectivity index (χ2n) is 4.68. The minimum atomic E-state index is -0.0211. The van der Waals surface area contributed by atoms with Gasteiger partial charge in [-0.1, -0.05) is 19.1 Å². The van der Waals surface area contributed by atoms with Crippen LogP contribution in [0.15, 0.2) is 30.3 Å². The van der Waals surface area contributed by atoms with E-state index in [9.17, 15) is 4.79 Å². The van der Waals surface area contributed by atoms with Crippen molar-refractivity contribution in [1.82, 2.24) is 9.78 Å². The van der Waals surface area contributed by atoms with Gasteiger partial charge >= 0.3 is 0 Å². The first-order valence-corrected chi connectivity index (χ1v) is 6.47. The van der Waals surface area contributed by atoms with Gasteiger partial charge in [-0.05, 0) is 37.1 Å². The van der Waals surface area contributed by atoms with Crippen molar-refractivity contribution < 1.29 is 4.79 Å². The molecule has 1 heterocycles. The van der Waals surface area contributed by atoms with Gasteiger partial charge < -0.3 is 5.32 Å². The third kappa shape index (κ3) is 3.44. The summed E-state index contributed by atoms with van der Waals surface area (Å²) < 4.78 is 1.75. The summed E-state index contributed by atoms with van der Waals surface area (Å²) in [5.74, 6) is -0.0211. The van der Waals surface area contributed by atoms with Crippen LogP contribution >= 0.6 is 0 Å². The number of nitrogens with zero attached hydrogens (tertiary/aromatic N) is 2. The van der Waals surface area contributed by atoms with Crippen LogP contribution in [0.5, 0.6) is 0 Å². The van der Waals surface area contributed by atoms with Gasteiger partial charge in [0, 0.05) is 18.4 Å². The van der Waals surface area contributed by atoms with Gasteiger partial charge in [0.2, 0.25) is 5.91 Å². The largest absolute Gasteiger partial charge is 0.326 e. The Hall–Kier alpha value is -2.10. The summed E-state index contributed by atoms with van der Waals surface area (Å²) in [5, 5.41) is 7.13. The Morgan fingerprint density at radius 3 is 2.53 bits per heavy atom. The number of rotatable bonds is 4. The van der Waals surface area contributed by atoms with Crippen LogP contribution in [0.2, 0.25) is 0 Å². The second kappa shape index (κ2) is 5.69. The topological polar surface area (TPSA) is 46.9 Å². The molecule has 2 rings (SSSR count). The zero-order chi connectivity index (χ0) is 13.8. The highest BCUT2D eigenvalue weighted by Gasteiger charge is 2.08. The molecule has 4 heteroatoms. The minimum Gasteiger partial charge on any atom is -0.326 e. The summed E-state index contributed by atoms with van der Waals surface area (Å²) in [5.41, 5.74) is 3.94. The molecule has 0 saturated carbocycles. The molecule has 1 N–H and O–H groups in total. The lowest BCUT2D eigenvalue weighted by molar-refractivity contribution is -0.115. The molecule has 0 aliphatic rings. The molecule has 0 radical (unpaired) electrons. The number of aryl methyl sites for hydroxylation is 3. The Bertz CT molecular complexity index is 570. The second-order valence-corrected chi connectivity index (χ2v) is 4.68. The highest BCUT2D eigenvalue weighted by molar-refractivity contribution is 5.92. The summed E-state index contributed by atoms with van der Waals surface area (Å²) in [6.45, 7) is 4.03. The summed E-state index contributed by atoms with van der Waals surface area (Å²) in [7, 11) is 1.85. The van der Waals surface area contributed by atoms with Crippen LogP contribution in [0, 0.1) is 6.92 Å². The van der Waals surface area contributed by atoms with Crippen molar-refractivity contribution in [3.8, 4) is 0 Å². The number of carbonyl (C=O) groups excluding carboxylic acids is 1. The van der Waals surface area contributed by atoms with Crippen molar-refractivity contribution in [1.29, 1.82) is 0 Å². The van der Waals surface area contributed by atoms with E-state index in [1.54, 1.807) is 4.68 Å². The number of aromatic nitrogens is 2. The first-order valence-electron chi connectivity index (χ1n) is 6.47. The third-order valence-electron chi connectivity index (χ3n) is 3.09. The molecule has 1 aromatic carbocycles. The number of carbonyl (C=O) groups is 1. The van der Waals surface area contributed by atoms with E-state index >= 15 is 0 Å². The first-order chi connectivity index (χ1) is 9.08. The summed E-state index contributed by atoms with van der Waals surface area (Å²) in [6.07, 6.45) is 1.34. The fourth-order valence-electron chi connectivity index (χ4n) is 2.02. The predicted molar refractivity (Wildman–Crippen MR) is 76.1 cm³/mol. The molecule has 0 fully saturated rings. The van der Waals surface area contributed by atoms with E-state index in [1.807, 2.05) is 44.3 Å². The number of hydrogen-bond donors (Lipinski definition) is 1. The van der Waals surface area contributed by atoms with Gasteiger partial charge in [0.1, 0.15) is 0 Å². The number of benzene rings is 1. The Morgan fingerprint density at radius 1 is 1.32 bits per heavy atom. The van der Waals surface area contributed by atoms with Gasteiger partial charge in [-0.15, -0.1) is 0 Å². The molecule has 1 amide bonds.